The van der Waals surface area contributed by atoms with Crippen molar-refractivity contribution in [1.82, 2.24) is 4.90 Å². The van der Waals surface area contributed by atoms with Crippen molar-refractivity contribution in [2.24, 2.45) is 0 Å². The Balaban J connectivity index is 1.04. The zero-order chi connectivity index (χ0) is 27.1. The Morgan fingerprint density at radius 3 is 1.79 bits per heavy atom. The van der Waals surface area contributed by atoms with E-state index in [1.165, 1.54) is 16.3 Å². The SMILES string of the molecule is CC(C)N1CN(C(C)C)c2cc(OCCOCCOCCOCCN3C(=O)c4ccccc4C3=O)ccc21. The van der Waals surface area contributed by atoms with Crippen LogP contribution in [0, 0.1) is 0 Å². The van der Waals surface area contributed by atoms with E-state index < -0.39 is 0 Å². The molecular formula is C29H39N3O6. The van der Waals surface area contributed by atoms with Crippen LogP contribution < -0.4 is 14.5 Å². The molecule has 4 rings (SSSR count). The van der Waals surface area contributed by atoms with Gasteiger partial charge in [-0.25, -0.2) is 0 Å². The minimum atomic E-state index is -0.266. The van der Waals surface area contributed by atoms with Crippen LogP contribution in [-0.4, -0.2) is 88.3 Å². The highest BCUT2D eigenvalue weighted by molar-refractivity contribution is 6.21. The standard InChI is InChI=1S/C29H39N3O6/c1-21(2)31-20-32(22(3)4)27-19-23(9-10-26(27)31)38-18-17-37-16-15-36-14-13-35-12-11-30-28(33)24-7-5-6-8-25(24)29(30)34/h5-10,19,21-22H,11-18,20H2,1-4H3. The minimum Gasteiger partial charge on any atom is -0.491 e. The van der Waals surface area contributed by atoms with Gasteiger partial charge in [0.25, 0.3) is 11.8 Å². The maximum absolute atomic E-state index is 12.3. The van der Waals surface area contributed by atoms with E-state index in [1.54, 1.807) is 24.3 Å². The first kappa shape index (κ1) is 27.9. The van der Waals surface area contributed by atoms with Crippen molar-refractivity contribution in [3.8, 4) is 5.75 Å². The number of amides is 2. The Morgan fingerprint density at radius 1 is 0.684 bits per heavy atom. The molecule has 2 aromatic carbocycles. The molecule has 2 aliphatic heterocycles. The fourth-order valence-corrected chi connectivity index (χ4v) is 4.62. The summed E-state index contributed by atoms with van der Waals surface area (Å²) in [7, 11) is 0. The molecule has 0 N–H and O–H groups in total. The highest BCUT2D eigenvalue weighted by Crippen LogP contribution is 2.40. The second-order valence-electron chi connectivity index (χ2n) is 9.91. The number of nitrogens with zero attached hydrogens (tertiary/aromatic N) is 3. The molecule has 0 bridgehead atoms. The van der Waals surface area contributed by atoms with Crippen LogP contribution in [0.15, 0.2) is 42.5 Å². The normalized spacial score (nSPS) is 14.7. The van der Waals surface area contributed by atoms with Crippen molar-refractivity contribution < 1.29 is 28.5 Å². The summed E-state index contributed by atoms with van der Waals surface area (Å²) < 4.78 is 22.6. The summed E-state index contributed by atoms with van der Waals surface area (Å²) in [4.78, 5) is 30.7. The smallest absolute Gasteiger partial charge is 0.261 e. The molecule has 2 aromatic rings. The van der Waals surface area contributed by atoms with Crippen molar-refractivity contribution >= 4 is 23.2 Å². The van der Waals surface area contributed by atoms with Crippen LogP contribution in [0.5, 0.6) is 5.75 Å². The Morgan fingerprint density at radius 2 is 1.21 bits per heavy atom. The van der Waals surface area contributed by atoms with Crippen LogP contribution in [-0.2, 0) is 14.2 Å². The number of fused-ring (bicyclic) bond motifs is 2. The first-order valence-corrected chi connectivity index (χ1v) is 13.4. The van der Waals surface area contributed by atoms with Crippen LogP contribution in [0.2, 0.25) is 0 Å². The van der Waals surface area contributed by atoms with Gasteiger partial charge in [-0.3, -0.25) is 14.5 Å². The lowest BCUT2D eigenvalue weighted by Crippen LogP contribution is -2.38. The molecule has 206 valence electrons. The van der Waals surface area contributed by atoms with Gasteiger partial charge in [-0.05, 0) is 52.0 Å². The summed E-state index contributed by atoms with van der Waals surface area (Å²) >= 11 is 0. The van der Waals surface area contributed by atoms with Gasteiger partial charge in [-0.1, -0.05) is 12.1 Å². The van der Waals surface area contributed by atoms with Gasteiger partial charge in [0.05, 0.1) is 75.4 Å². The maximum atomic E-state index is 12.3. The van der Waals surface area contributed by atoms with Gasteiger partial charge >= 0.3 is 0 Å². The van der Waals surface area contributed by atoms with Crippen LogP contribution in [0.3, 0.4) is 0 Å². The predicted octanol–water partition coefficient (Wildman–Crippen LogP) is 3.81. The average molecular weight is 526 g/mol. The topological polar surface area (TPSA) is 80.8 Å². The maximum Gasteiger partial charge on any atom is 0.261 e. The molecule has 0 aromatic heterocycles. The lowest BCUT2D eigenvalue weighted by Gasteiger charge is -2.27. The van der Waals surface area contributed by atoms with Gasteiger partial charge in [0.15, 0.2) is 0 Å². The number of carbonyl (C=O) groups is 2. The van der Waals surface area contributed by atoms with Crippen molar-refractivity contribution in [2.45, 2.75) is 39.8 Å². The summed E-state index contributed by atoms with van der Waals surface area (Å²) in [5.74, 6) is 0.314. The number of hydrogen-bond donors (Lipinski definition) is 0. The van der Waals surface area contributed by atoms with E-state index in [0.29, 0.717) is 62.9 Å². The molecule has 2 heterocycles. The fourth-order valence-electron chi connectivity index (χ4n) is 4.62. The van der Waals surface area contributed by atoms with Crippen LogP contribution in [0.4, 0.5) is 11.4 Å². The highest BCUT2D eigenvalue weighted by Gasteiger charge is 2.34. The van der Waals surface area contributed by atoms with E-state index in [0.717, 1.165) is 12.4 Å². The quantitative estimate of drug-likeness (QED) is 0.257. The van der Waals surface area contributed by atoms with Gasteiger partial charge in [0, 0.05) is 18.2 Å². The summed E-state index contributed by atoms with van der Waals surface area (Å²) in [6.45, 7) is 12.9. The van der Waals surface area contributed by atoms with E-state index >= 15 is 0 Å². The van der Waals surface area contributed by atoms with E-state index in [2.05, 4.69) is 49.6 Å². The van der Waals surface area contributed by atoms with Gasteiger partial charge < -0.3 is 28.7 Å². The number of carbonyl (C=O) groups excluding carboxylic acids is 2. The first-order chi connectivity index (χ1) is 18.4. The summed E-state index contributed by atoms with van der Waals surface area (Å²) in [6, 6.07) is 14.0. The molecule has 0 unspecified atom stereocenters. The third-order valence-electron chi connectivity index (χ3n) is 6.69. The lowest BCUT2D eigenvalue weighted by atomic mass is 10.1. The number of benzene rings is 2. The summed E-state index contributed by atoms with van der Waals surface area (Å²) in [6.07, 6.45) is 0. The molecule has 2 amide bonds. The van der Waals surface area contributed by atoms with Crippen LogP contribution in [0.25, 0.3) is 0 Å². The zero-order valence-electron chi connectivity index (χ0n) is 22.9. The van der Waals surface area contributed by atoms with Crippen LogP contribution >= 0.6 is 0 Å². The van der Waals surface area contributed by atoms with E-state index in [9.17, 15) is 9.59 Å². The molecule has 0 saturated carbocycles. The number of ether oxygens (including phenoxy) is 4. The van der Waals surface area contributed by atoms with Crippen molar-refractivity contribution in [3.05, 3.63) is 53.6 Å². The predicted molar refractivity (Wildman–Crippen MR) is 146 cm³/mol. The highest BCUT2D eigenvalue weighted by atomic mass is 16.6. The zero-order valence-corrected chi connectivity index (χ0v) is 22.9. The van der Waals surface area contributed by atoms with E-state index in [-0.39, 0.29) is 25.0 Å². The van der Waals surface area contributed by atoms with Gasteiger partial charge in [0.2, 0.25) is 0 Å². The second kappa shape index (κ2) is 13.1. The fraction of sp³-hybridized carbons (Fsp3) is 0.517. The van der Waals surface area contributed by atoms with Crippen LogP contribution in [0.1, 0.15) is 48.4 Å². The molecule has 9 nitrogen and oxygen atoms in total. The van der Waals surface area contributed by atoms with E-state index in [4.69, 9.17) is 18.9 Å². The Labute approximate surface area is 225 Å². The average Bonchev–Trinajstić information content (AvgIpc) is 3.40. The molecular weight excluding hydrogens is 486 g/mol. The molecule has 9 heteroatoms. The lowest BCUT2D eigenvalue weighted by molar-refractivity contribution is 0.00673. The first-order valence-electron chi connectivity index (χ1n) is 13.4. The largest absolute Gasteiger partial charge is 0.491 e. The molecule has 0 spiro atoms. The third kappa shape index (κ3) is 6.46. The van der Waals surface area contributed by atoms with E-state index in [1.807, 2.05) is 6.07 Å². The van der Waals surface area contributed by atoms with Gasteiger partial charge in [-0.2, -0.15) is 0 Å². The molecule has 38 heavy (non-hydrogen) atoms. The Kier molecular flexibility index (Phi) is 9.60. The molecule has 0 saturated heterocycles. The second-order valence-corrected chi connectivity index (χ2v) is 9.91. The summed E-state index contributed by atoms with van der Waals surface area (Å²) in [5, 5.41) is 0. The third-order valence-corrected chi connectivity index (χ3v) is 6.69. The van der Waals surface area contributed by atoms with Crippen molar-refractivity contribution in [1.29, 1.82) is 0 Å². The van der Waals surface area contributed by atoms with Gasteiger partial charge in [-0.15, -0.1) is 0 Å². The number of imide groups is 1. The Hall–Kier alpha value is -3.14. The number of hydrogen-bond acceptors (Lipinski definition) is 8. The monoisotopic (exact) mass is 525 g/mol. The molecule has 2 aliphatic rings. The molecule has 0 fully saturated rings. The molecule has 0 aliphatic carbocycles. The minimum absolute atomic E-state index is 0.227. The van der Waals surface area contributed by atoms with Gasteiger partial charge in [0.1, 0.15) is 12.4 Å². The number of rotatable bonds is 15. The van der Waals surface area contributed by atoms with Crippen molar-refractivity contribution in [2.75, 3.05) is 69.3 Å². The molecule has 0 radical (unpaired) electrons. The number of anilines is 2. The molecule has 0 atom stereocenters. The van der Waals surface area contributed by atoms with Crippen molar-refractivity contribution in [3.63, 3.8) is 0 Å². The Bertz CT molecular complexity index is 1070. The summed E-state index contributed by atoms with van der Waals surface area (Å²) in [5.41, 5.74) is 3.37.